The van der Waals surface area contributed by atoms with Gasteiger partial charge in [-0.3, -0.25) is 0 Å². The summed E-state index contributed by atoms with van der Waals surface area (Å²) in [7, 11) is 0. The minimum atomic E-state index is 0.142. The van der Waals surface area contributed by atoms with Crippen molar-refractivity contribution in [2.75, 3.05) is 0 Å². The van der Waals surface area contributed by atoms with E-state index in [1.54, 1.807) is 6.07 Å². The van der Waals surface area contributed by atoms with E-state index in [1.807, 2.05) is 6.07 Å². The van der Waals surface area contributed by atoms with Crippen LogP contribution in [0.1, 0.15) is 47.8 Å². The van der Waals surface area contributed by atoms with Crippen molar-refractivity contribution in [2.24, 2.45) is 0 Å². The maximum Gasteiger partial charge on any atom is 0.188 e. The van der Waals surface area contributed by atoms with Gasteiger partial charge in [-0.15, -0.1) is 10.2 Å². The highest BCUT2D eigenvalue weighted by molar-refractivity contribution is 5.50. The molecule has 1 aliphatic carbocycles. The van der Waals surface area contributed by atoms with Crippen molar-refractivity contribution in [3.8, 4) is 5.75 Å². The molecule has 0 radical (unpaired) electrons. The number of benzene rings is 1. The lowest BCUT2D eigenvalue weighted by Gasteiger charge is -2.14. The van der Waals surface area contributed by atoms with E-state index in [2.05, 4.69) is 39.8 Å². The Labute approximate surface area is 111 Å². The number of phenolic OH excluding ortho intramolecular Hbond substituents is 1. The van der Waals surface area contributed by atoms with E-state index in [-0.39, 0.29) is 6.04 Å². The number of aromatic amines is 1. The third-order valence-corrected chi connectivity index (χ3v) is 3.81. The molecule has 1 aliphatic rings. The molecule has 0 bridgehead atoms. The van der Waals surface area contributed by atoms with Gasteiger partial charge in [0.15, 0.2) is 5.82 Å². The molecule has 2 atom stereocenters. The Kier molecular flexibility index (Phi) is 2.94. The van der Waals surface area contributed by atoms with E-state index < -0.39 is 0 Å². The van der Waals surface area contributed by atoms with Gasteiger partial charge in [0.1, 0.15) is 5.75 Å². The summed E-state index contributed by atoms with van der Waals surface area (Å²) in [5.74, 6) is 1.45. The molecule has 0 amide bonds. The highest BCUT2D eigenvalue weighted by atomic mass is 16.3. The summed E-state index contributed by atoms with van der Waals surface area (Å²) in [6.45, 7) is 4.83. The molecule has 3 rings (SSSR count). The van der Waals surface area contributed by atoms with Gasteiger partial charge in [-0.05, 0) is 36.5 Å². The maximum atomic E-state index is 10.1. The Bertz CT molecular complexity index is 581. The van der Waals surface area contributed by atoms with Gasteiger partial charge in [-0.1, -0.05) is 18.2 Å². The number of hydrogen-bond donors (Lipinski definition) is 3. The highest BCUT2D eigenvalue weighted by Gasteiger charge is 2.31. The molecule has 0 aliphatic heterocycles. The van der Waals surface area contributed by atoms with E-state index in [4.69, 9.17) is 0 Å². The maximum absolute atomic E-state index is 10.1. The van der Waals surface area contributed by atoms with Gasteiger partial charge in [-0.2, -0.15) is 5.21 Å². The Hall–Kier alpha value is -1.95. The number of rotatable bonds is 3. The number of aryl methyl sites for hydroxylation is 1. The van der Waals surface area contributed by atoms with Gasteiger partial charge in [-0.25, -0.2) is 0 Å². The molecule has 1 aromatic heterocycles. The van der Waals surface area contributed by atoms with Crippen molar-refractivity contribution in [1.82, 2.24) is 25.9 Å². The van der Waals surface area contributed by atoms with Crippen molar-refractivity contribution >= 4 is 0 Å². The third kappa shape index (κ3) is 2.08. The number of nitrogens with zero attached hydrogens (tertiary/aromatic N) is 3. The molecule has 19 heavy (non-hydrogen) atoms. The van der Waals surface area contributed by atoms with Crippen molar-refractivity contribution in [3.63, 3.8) is 0 Å². The van der Waals surface area contributed by atoms with Crippen LogP contribution in [0.3, 0.4) is 0 Å². The Morgan fingerprint density at radius 1 is 1.42 bits per heavy atom. The third-order valence-electron chi connectivity index (χ3n) is 3.81. The fraction of sp³-hybridized carbons (Fsp3) is 0.462. The summed E-state index contributed by atoms with van der Waals surface area (Å²) in [6.07, 6.45) is 0.978. The zero-order valence-electron chi connectivity index (χ0n) is 11.0. The van der Waals surface area contributed by atoms with Crippen LogP contribution >= 0.6 is 0 Å². The number of aromatic nitrogens is 4. The van der Waals surface area contributed by atoms with Gasteiger partial charge in [0.05, 0.1) is 6.54 Å². The first-order valence-corrected chi connectivity index (χ1v) is 6.45. The Balaban J connectivity index is 1.85. The molecule has 0 fully saturated rings. The SMILES string of the molecule is Cc1ccc(O)c2c1C(C)CC2NCc1nn[nH]n1. The fourth-order valence-corrected chi connectivity index (χ4v) is 3.00. The van der Waals surface area contributed by atoms with Crippen LogP contribution in [0, 0.1) is 6.92 Å². The standard InChI is InChI=1S/C13H17N5O/c1-7-3-4-10(19)13-9(5-8(2)12(7)13)14-6-11-15-17-18-16-11/h3-4,8-9,14,19H,5-6H2,1-2H3,(H,15,16,17,18). The van der Waals surface area contributed by atoms with Gasteiger partial charge in [0.25, 0.3) is 0 Å². The van der Waals surface area contributed by atoms with Crippen LogP contribution in [0.15, 0.2) is 12.1 Å². The lowest BCUT2D eigenvalue weighted by atomic mass is 9.97. The van der Waals surface area contributed by atoms with E-state index >= 15 is 0 Å². The van der Waals surface area contributed by atoms with Crippen LogP contribution in [-0.4, -0.2) is 25.7 Å². The molecule has 6 nitrogen and oxygen atoms in total. The highest BCUT2D eigenvalue weighted by Crippen LogP contribution is 2.45. The van der Waals surface area contributed by atoms with Crippen LogP contribution in [-0.2, 0) is 6.54 Å². The molecule has 2 aromatic rings. The van der Waals surface area contributed by atoms with Crippen molar-refractivity contribution in [1.29, 1.82) is 0 Å². The number of fused-ring (bicyclic) bond motifs is 1. The predicted molar refractivity (Wildman–Crippen MR) is 69.6 cm³/mol. The molecular formula is C13H17N5O. The van der Waals surface area contributed by atoms with E-state index in [0.29, 0.717) is 24.0 Å². The van der Waals surface area contributed by atoms with Crippen molar-refractivity contribution in [3.05, 3.63) is 34.6 Å². The Morgan fingerprint density at radius 2 is 2.26 bits per heavy atom. The second kappa shape index (κ2) is 4.62. The van der Waals surface area contributed by atoms with Gasteiger partial charge in [0.2, 0.25) is 0 Å². The first kappa shape index (κ1) is 12.1. The summed E-state index contributed by atoms with van der Waals surface area (Å²) < 4.78 is 0. The minimum absolute atomic E-state index is 0.142. The van der Waals surface area contributed by atoms with Crippen molar-refractivity contribution in [2.45, 2.75) is 38.8 Å². The van der Waals surface area contributed by atoms with Crippen LogP contribution < -0.4 is 5.32 Å². The number of tetrazole rings is 1. The molecule has 3 N–H and O–H groups in total. The zero-order valence-corrected chi connectivity index (χ0v) is 11.0. The number of hydrogen-bond acceptors (Lipinski definition) is 5. The van der Waals surface area contributed by atoms with Gasteiger partial charge >= 0.3 is 0 Å². The van der Waals surface area contributed by atoms with E-state index in [0.717, 1.165) is 12.0 Å². The molecule has 0 saturated heterocycles. The first-order valence-electron chi connectivity index (χ1n) is 6.45. The molecule has 1 heterocycles. The van der Waals surface area contributed by atoms with Gasteiger partial charge in [0, 0.05) is 11.6 Å². The molecule has 6 heteroatoms. The second-order valence-corrected chi connectivity index (χ2v) is 5.13. The van der Waals surface area contributed by atoms with Crippen LogP contribution in [0.25, 0.3) is 0 Å². The fourth-order valence-electron chi connectivity index (χ4n) is 3.00. The molecule has 2 unspecified atom stereocenters. The molecule has 1 aromatic carbocycles. The quantitative estimate of drug-likeness (QED) is 0.778. The van der Waals surface area contributed by atoms with Crippen LogP contribution in [0.5, 0.6) is 5.75 Å². The Morgan fingerprint density at radius 3 is 3.00 bits per heavy atom. The average Bonchev–Trinajstić information content (AvgIpc) is 2.99. The van der Waals surface area contributed by atoms with Crippen LogP contribution in [0.2, 0.25) is 0 Å². The predicted octanol–water partition coefficient (Wildman–Crippen LogP) is 1.55. The smallest absolute Gasteiger partial charge is 0.188 e. The first-order chi connectivity index (χ1) is 9.16. The summed E-state index contributed by atoms with van der Waals surface area (Å²) in [5, 5.41) is 27.3. The lowest BCUT2D eigenvalue weighted by molar-refractivity contribution is 0.443. The molecule has 0 saturated carbocycles. The number of phenols is 1. The summed E-state index contributed by atoms with van der Waals surface area (Å²) in [6, 6.07) is 3.89. The summed E-state index contributed by atoms with van der Waals surface area (Å²) in [5.41, 5.74) is 3.53. The molecule has 0 spiro atoms. The van der Waals surface area contributed by atoms with Crippen LogP contribution in [0.4, 0.5) is 0 Å². The topological polar surface area (TPSA) is 86.7 Å². The number of aromatic hydroxyl groups is 1. The average molecular weight is 259 g/mol. The van der Waals surface area contributed by atoms with E-state index in [1.165, 1.54) is 11.1 Å². The molecule has 100 valence electrons. The van der Waals surface area contributed by atoms with Gasteiger partial charge < -0.3 is 10.4 Å². The van der Waals surface area contributed by atoms with E-state index in [9.17, 15) is 5.11 Å². The molecular weight excluding hydrogens is 242 g/mol. The van der Waals surface area contributed by atoms with Crippen molar-refractivity contribution < 1.29 is 5.11 Å². The summed E-state index contributed by atoms with van der Waals surface area (Å²) in [4.78, 5) is 0. The largest absolute Gasteiger partial charge is 0.508 e. The zero-order chi connectivity index (χ0) is 13.4. The number of H-pyrrole nitrogens is 1. The minimum Gasteiger partial charge on any atom is -0.508 e. The normalized spacial score (nSPS) is 21.6. The second-order valence-electron chi connectivity index (χ2n) is 5.13. The summed E-state index contributed by atoms with van der Waals surface area (Å²) >= 11 is 0. The monoisotopic (exact) mass is 259 g/mol. The number of nitrogens with one attached hydrogen (secondary N) is 2. The lowest BCUT2D eigenvalue weighted by Crippen LogP contribution is -2.19.